The van der Waals surface area contributed by atoms with Crippen LogP contribution in [0.2, 0.25) is 0 Å². The fourth-order valence-corrected chi connectivity index (χ4v) is 2.82. The number of ketones is 1. The first kappa shape index (κ1) is 11.7. The van der Waals surface area contributed by atoms with Crippen LogP contribution in [-0.4, -0.2) is 16.9 Å². The Bertz CT molecular complexity index is 661. The summed E-state index contributed by atoms with van der Waals surface area (Å²) in [6, 6.07) is 15.9. The number of rotatable bonds is 2. The number of aliphatic carboxylic acids is 1. The summed E-state index contributed by atoms with van der Waals surface area (Å²) in [5.74, 6) is -1.08. The lowest BCUT2D eigenvalue weighted by atomic mass is 9.75. The van der Waals surface area contributed by atoms with Gasteiger partial charge in [0.05, 0.1) is 0 Å². The minimum atomic E-state index is -1.24. The summed E-state index contributed by atoms with van der Waals surface area (Å²) in [6.07, 6.45) is -0.00824. The Balaban J connectivity index is 2.31. The topological polar surface area (TPSA) is 54.4 Å². The zero-order valence-corrected chi connectivity index (χ0v) is 10.2. The van der Waals surface area contributed by atoms with Crippen molar-refractivity contribution >= 4 is 11.8 Å². The molecule has 0 saturated carbocycles. The average Bonchev–Trinajstić information content (AvgIpc) is 2.75. The molecule has 1 aliphatic carbocycles. The van der Waals surface area contributed by atoms with Gasteiger partial charge in [-0.2, -0.15) is 0 Å². The summed E-state index contributed by atoms with van der Waals surface area (Å²) >= 11 is 0. The van der Waals surface area contributed by atoms with Crippen molar-refractivity contribution in [3.63, 3.8) is 0 Å². The van der Waals surface area contributed by atoms with Crippen LogP contribution in [0.4, 0.5) is 0 Å². The molecule has 2 aromatic carbocycles. The van der Waals surface area contributed by atoms with E-state index in [1.165, 1.54) is 0 Å². The van der Waals surface area contributed by atoms with Gasteiger partial charge in [-0.25, -0.2) is 0 Å². The molecule has 3 nitrogen and oxygen atoms in total. The highest BCUT2D eigenvalue weighted by molar-refractivity contribution is 6.09. The van der Waals surface area contributed by atoms with Crippen LogP contribution in [0, 0.1) is 0 Å². The average molecular weight is 252 g/mol. The van der Waals surface area contributed by atoms with Crippen molar-refractivity contribution in [2.45, 2.75) is 11.8 Å². The number of carboxylic acids is 1. The van der Waals surface area contributed by atoms with Gasteiger partial charge in [0, 0.05) is 12.0 Å². The smallest absolute Gasteiger partial charge is 0.319 e. The molecule has 1 aliphatic rings. The van der Waals surface area contributed by atoms with Gasteiger partial charge in [-0.1, -0.05) is 54.6 Å². The van der Waals surface area contributed by atoms with Crippen molar-refractivity contribution in [3.05, 3.63) is 71.3 Å². The van der Waals surface area contributed by atoms with Crippen molar-refractivity contribution < 1.29 is 14.7 Å². The molecule has 0 bridgehead atoms. The van der Waals surface area contributed by atoms with Crippen LogP contribution >= 0.6 is 0 Å². The summed E-state index contributed by atoms with van der Waals surface area (Å²) in [7, 11) is 0. The van der Waals surface area contributed by atoms with Gasteiger partial charge < -0.3 is 5.11 Å². The van der Waals surface area contributed by atoms with E-state index >= 15 is 0 Å². The number of carbonyl (C=O) groups excluding carboxylic acids is 1. The van der Waals surface area contributed by atoms with Crippen molar-refractivity contribution in [3.8, 4) is 0 Å². The third-order valence-electron chi connectivity index (χ3n) is 3.74. The first-order valence-corrected chi connectivity index (χ1v) is 6.08. The van der Waals surface area contributed by atoms with Crippen LogP contribution in [0.1, 0.15) is 27.9 Å². The minimum Gasteiger partial charge on any atom is -0.480 e. The van der Waals surface area contributed by atoms with Gasteiger partial charge in [0.15, 0.2) is 5.78 Å². The summed E-state index contributed by atoms with van der Waals surface area (Å²) in [4.78, 5) is 24.0. The van der Waals surface area contributed by atoms with E-state index in [1.807, 2.05) is 6.07 Å². The Morgan fingerprint density at radius 1 is 1.00 bits per heavy atom. The molecular formula is C16H12O3. The van der Waals surface area contributed by atoms with Gasteiger partial charge in [0.25, 0.3) is 0 Å². The first-order valence-electron chi connectivity index (χ1n) is 6.08. The van der Waals surface area contributed by atoms with Crippen molar-refractivity contribution in [2.75, 3.05) is 0 Å². The second kappa shape index (κ2) is 4.05. The maximum Gasteiger partial charge on any atom is 0.319 e. The summed E-state index contributed by atoms with van der Waals surface area (Å²) in [6.45, 7) is 0. The number of carbonyl (C=O) groups is 2. The van der Waals surface area contributed by atoms with E-state index in [0.717, 1.165) is 0 Å². The van der Waals surface area contributed by atoms with Gasteiger partial charge in [0.2, 0.25) is 0 Å². The quantitative estimate of drug-likeness (QED) is 0.893. The fraction of sp³-hybridized carbons (Fsp3) is 0.125. The van der Waals surface area contributed by atoms with E-state index in [0.29, 0.717) is 16.7 Å². The van der Waals surface area contributed by atoms with E-state index < -0.39 is 11.4 Å². The van der Waals surface area contributed by atoms with Crippen LogP contribution in [0.15, 0.2) is 54.6 Å². The third-order valence-corrected chi connectivity index (χ3v) is 3.74. The van der Waals surface area contributed by atoms with Gasteiger partial charge in [-0.15, -0.1) is 0 Å². The molecule has 0 spiro atoms. The highest BCUT2D eigenvalue weighted by Crippen LogP contribution is 2.44. The molecular weight excluding hydrogens is 240 g/mol. The number of fused-ring (bicyclic) bond motifs is 1. The SMILES string of the molecule is O=C1CC(C(=O)O)(c2ccccc2)c2ccccc21. The van der Waals surface area contributed by atoms with Crippen LogP contribution in [0.5, 0.6) is 0 Å². The van der Waals surface area contributed by atoms with Crippen LogP contribution < -0.4 is 0 Å². The van der Waals surface area contributed by atoms with Crippen molar-refractivity contribution in [1.29, 1.82) is 0 Å². The Labute approximate surface area is 110 Å². The van der Waals surface area contributed by atoms with E-state index in [-0.39, 0.29) is 12.2 Å². The normalized spacial score (nSPS) is 21.2. The van der Waals surface area contributed by atoms with Gasteiger partial charge >= 0.3 is 5.97 Å². The van der Waals surface area contributed by atoms with Crippen LogP contribution in [0.25, 0.3) is 0 Å². The summed E-state index contributed by atoms with van der Waals surface area (Å²) in [5, 5.41) is 9.73. The Morgan fingerprint density at radius 2 is 1.63 bits per heavy atom. The standard InChI is InChI=1S/C16H12O3/c17-14-10-16(15(18)19,11-6-2-1-3-7-11)13-9-5-4-8-12(13)14/h1-9H,10H2,(H,18,19). The van der Waals surface area contributed by atoms with E-state index in [9.17, 15) is 14.7 Å². The summed E-state index contributed by atoms with van der Waals surface area (Å²) in [5.41, 5.74) is 0.530. The van der Waals surface area contributed by atoms with Crippen LogP contribution in [0.3, 0.4) is 0 Å². The van der Waals surface area contributed by atoms with Gasteiger partial charge in [0.1, 0.15) is 5.41 Å². The second-order valence-electron chi connectivity index (χ2n) is 4.72. The molecule has 2 aromatic rings. The zero-order chi connectivity index (χ0) is 13.5. The van der Waals surface area contributed by atoms with E-state index in [1.54, 1.807) is 48.5 Å². The molecule has 3 rings (SSSR count). The lowest BCUT2D eigenvalue weighted by molar-refractivity contribution is -0.141. The first-order chi connectivity index (χ1) is 9.16. The second-order valence-corrected chi connectivity index (χ2v) is 4.72. The Morgan fingerprint density at radius 3 is 2.32 bits per heavy atom. The minimum absolute atomic E-state index is 0.00824. The molecule has 0 amide bonds. The largest absolute Gasteiger partial charge is 0.480 e. The number of hydrogen-bond acceptors (Lipinski definition) is 2. The lowest BCUT2D eigenvalue weighted by Gasteiger charge is -2.25. The number of Topliss-reactive ketones (excluding diaryl/α,β-unsaturated/α-hetero) is 1. The van der Waals surface area contributed by atoms with Gasteiger partial charge in [-0.3, -0.25) is 9.59 Å². The predicted octanol–water partition coefficient (Wildman–Crippen LogP) is 2.64. The number of carboxylic acid groups (broad SMARTS) is 1. The maximum absolute atomic E-state index is 12.1. The highest BCUT2D eigenvalue weighted by Gasteiger charge is 2.50. The lowest BCUT2D eigenvalue weighted by Crippen LogP contribution is -2.35. The molecule has 0 aliphatic heterocycles. The Kier molecular flexibility index (Phi) is 2.49. The van der Waals surface area contributed by atoms with Crippen LogP contribution in [-0.2, 0) is 10.2 Å². The molecule has 0 radical (unpaired) electrons. The molecule has 1 unspecified atom stereocenters. The van der Waals surface area contributed by atoms with Crippen molar-refractivity contribution in [2.24, 2.45) is 0 Å². The van der Waals surface area contributed by atoms with E-state index in [2.05, 4.69) is 0 Å². The molecule has 3 heteroatoms. The third kappa shape index (κ3) is 1.51. The zero-order valence-electron chi connectivity index (χ0n) is 10.2. The summed E-state index contributed by atoms with van der Waals surface area (Å²) < 4.78 is 0. The Hall–Kier alpha value is -2.42. The monoisotopic (exact) mass is 252 g/mol. The molecule has 0 heterocycles. The molecule has 0 aromatic heterocycles. The van der Waals surface area contributed by atoms with Crippen molar-refractivity contribution in [1.82, 2.24) is 0 Å². The molecule has 0 saturated heterocycles. The maximum atomic E-state index is 12.1. The number of hydrogen-bond donors (Lipinski definition) is 1. The molecule has 1 N–H and O–H groups in total. The molecule has 1 atom stereocenters. The molecule has 19 heavy (non-hydrogen) atoms. The molecule has 0 fully saturated rings. The number of benzene rings is 2. The fourth-order valence-electron chi connectivity index (χ4n) is 2.82. The highest BCUT2D eigenvalue weighted by atomic mass is 16.4. The predicted molar refractivity (Wildman–Crippen MR) is 70.2 cm³/mol. The van der Waals surface area contributed by atoms with E-state index in [4.69, 9.17) is 0 Å². The van der Waals surface area contributed by atoms with Gasteiger partial charge in [-0.05, 0) is 11.1 Å². The molecule has 94 valence electrons.